The molecule has 0 spiro atoms. The van der Waals surface area contributed by atoms with Crippen LogP contribution in [-0.2, 0) is 4.79 Å². The quantitative estimate of drug-likeness (QED) is 0.724. The average molecular weight is 347 g/mol. The number of amides is 2. The van der Waals surface area contributed by atoms with E-state index in [0.29, 0.717) is 12.1 Å². The van der Waals surface area contributed by atoms with Crippen LogP contribution in [0.5, 0.6) is 5.75 Å². The minimum Gasteiger partial charge on any atom is -0.507 e. The van der Waals surface area contributed by atoms with Crippen LogP contribution in [0.4, 0.5) is 5.69 Å². The van der Waals surface area contributed by atoms with E-state index in [9.17, 15) is 14.7 Å². The first kappa shape index (κ1) is 17.9. The largest absolute Gasteiger partial charge is 0.507 e. The lowest BCUT2D eigenvalue weighted by Gasteiger charge is -2.14. The van der Waals surface area contributed by atoms with Crippen molar-refractivity contribution in [1.29, 1.82) is 0 Å². The lowest BCUT2D eigenvalue weighted by Crippen LogP contribution is -2.26. The first-order chi connectivity index (χ1) is 11.3. The number of aryl methyl sites for hydroxylation is 2. The molecule has 2 rings (SSSR count). The number of benzene rings is 1. The molecule has 0 saturated heterocycles. The summed E-state index contributed by atoms with van der Waals surface area (Å²) >= 11 is 1.53. The topological polar surface area (TPSA) is 91.3 Å². The van der Waals surface area contributed by atoms with Gasteiger partial charge in [-0.05, 0) is 39.0 Å². The van der Waals surface area contributed by atoms with Gasteiger partial charge in [-0.15, -0.1) is 11.3 Å². The highest BCUT2D eigenvalue weighted by Crippen LogP contribution is 2.26. The second-order valence-corrected chi connectivity index (χ2v) is 6.75. The first-order valence-corrected chi connectivity index (χ1v) is 8.51. The summed E-state index contributed by atoms with van der Waals surface area (Å²) in [6.45, 7) is 7.43. The zero-order valence-electron chi connectivity index (χ0n) is 14.1. The highest BCUT2D eigenvalue weighted by atomic mass is 32.1. The molecule has 1 aromatic heterocycles. The fraction of sp³-hybridized carbons (Fsp3) is 0.353. The number of carbonyl (C=O) groups excluding carboxylic acids is 2. The van der Waals surface area contributed by atoms with Gasteiger partial charge in [0.15, 0.2) is 0 Å². The maximum atomic E-state index is 12.5. The van der Waals surface area contributed by atoms with Crippen LogP contribution in [0, 0.1) is 13.8 Å². The zero-order valence-corrected chi connectivity index (χ0v) is 15.0. The third-order valence-corrected chi connectivity index (χ3v) is 4.78. The van der Waals surface area contributed by atoms with Crippen LogP contribution in [0.25, 0.3) is 0 Å². The van der Waals surface area contributed by atoms with Gasteiger partial charge < -0.3 is 15.7 Å². The van der Waals surface area contributed by atoms with Crippen LogP contribution in [0.1, 0.15) is 52.2 Å². The number of anilines is 1. The number of phenolic OH excluding ortho intramolecular Hbond substituents is 1. The number of rotatable bonds is 5. The number of hydrogen-bond acceptors (Lipinski definition) is 5. The van der Waals surface area contributed by atoms with Gasteiger partial charge >= 0.3 is 0 Å². The van der Waals surface area contributed by atoms with Crippen LogP contribution >= 0.6 is 11.3 Å². The highest BCUT2D eigenvalue weighted by Gasteiger charge is 2.19. The van der Waals surface area contributed by atoms with E-state index in [4.69, 9.17) is 0 Å². The first-order valence-electron chi connectivity index (χ1n) is 7.69. The van der Waals surface area contributed by atoms with E-state index in [1.165, 1.54) is 23.5 Å². The van der Waals surface area contributed by atoms with Gasteiger partial charge in [-0.2, -0.15) is 0 Å². The molecule has 1 unspecified atom stereocenters. The standard InChI is InChI=1S/C17H21N3O3S/c1-5-15(22)20-12-6-7-14(21)13(8-12)17(23)19-10(3)16-9(2)18-11(4)24-16/h6-8,10,21H,5H2,1-4H3,(H,19,23)(H,20,22). The molecule has 0 aliphatic heterocycles. The Labute approximate surface area is 144 Å². The lowest BCUT2D eigenvalue weighted by atomic mass is 10.1. The predicted octanol–water partition coefficient (Wildman–Crippen LogP) is 3.31. The second kappa shape index (κ2) is 7.44. The second-order valence-electron chi connectivity index (χ2n) is 5.51. The fourth-order valence-electron chi connectivity index (χ4n) is 2.33. The van der Waals surface area contributed by atoms with Gasteiger partial charge in [-0.25, -0.2) is 4.98 Å². The van der Waals surface area contributed by atoms with Gasteiger partial charge in [0.2, 0.25) is 5.91 Å². The maximum absolute atomic E-state index is 12.5. The maximum Gasteiger partial charge on any atom is 0.255 e. The Morgan fingerprint density at radius 1 is 1.33 bits per heavy atom. The molecule has 0 saturated carbocycles. The molecule has 0 aliphatic rings. The van der Waals surface area contributed by atoms with Crippen molar-refractivity contribution in [1.82, 2.24) is 10.3 Å². The number of aromatic hydroxyl groups is 1. The molecule has 6 nitrogen and oxygen atoms in total. The Balaban J connectivity index is 2.18. The Morgan fingerprint density at radius 2 is 2.04 bits per heavy atom. The van der Waals surface area contributed by atoms with Gasteiger partial charge in [0.05, 0.1) is 22.3 Å². The van der Waals surface area contributed by atoms with E-state index < -0.39 is 5.91 Å². The SMILES string of the molecule is CCC(=O)Nc1ccc(O)c(C(=O)NC(C)c2sc(C)nc2C)c1. The van der Waals surface area contributed by atoms with Crippen LogP contribution < -0.4 is 10.6 Å². The summed E-state index contributed by atoms with van der Waals surface area (Å²) in [6.07, 6.45) is 0.337. The molecule has 24 heavy (non-hydrogen) atoms. The summed E-state index contributed by atoms with van der Waals surface area (Å²) < 4.78 is 0. The minimum atomic E-state index is -0.405. The molecule has 1 aromatic carbocycles. The fourth-order valence-corrected chi connectivity index (χ4v) is 3.26. The molecule has 3 N–H and O–H groups in total. The van der Waals surface area contributed by atoms with Crippen molar-refractivity contribution < 1.29 is 14.7 Å². The molecule has 0 bridgehead atoms. The molecular weight excluding hydrogens is 326 g/mol. The number of nitrogens with zero attached hydrogens (tertiary/aromatic N) is 1. The number of hydrogen-bond donors (Lipinski definition) is 3. The molecule has 1 atom stereocenters. The number of nitrogens with one attached hydrogen (secondary N) is 2. The predicted molar refractivity (Wildman–Crippen MR) is 94.5 cm³/mol. The van der Waals surface area contributed by atoms with Gasteiger partial charge in [0, 0.05) is 17.0 Å². The third kappa shape index (κ3) is 4.11. The van der Waals surface area contributed by atoms with Crippen molar-refractivity contribution in [3.05, 3.63) is 39.3 Å². The van der Waals surface area contributed by atoms with Crippen molar-refractivity contribution in [2.45, 2.75) is 40.2 Å². The normalized spacial score (nSPS) is 11.8. The summed E-state index contributed by atoms with van der Waals surface area (Å²) in [5.41, 5.74) is 1.48. The van der Waals surface area contributed by atoms with Crippen molar-refractivity contribution in [2.75, 3.05) is 5.32 Å². The minimum absolute atomic E-state index is 0.120. The van der Waals surface area contributed by atoms with Crippen molar-refractivity contribution >= 4 is 28.8 Å². The molecule has 7 heteroatoms. The lowest BCUT2D eigenvalue weighted by molar-refractivity contribution is -0.115. The smallest absolute Gasteiger partial charge is 0.255 e. The van der Waals surface area contributed by atoms with E-state index in [1.54, 1.807) is 13.0 Å². The number of aromatic nitrogens is 1. The van der Waals surface area contributed by atoms with Crippen molar-refractivity contribution in [3.8, 4) is 5.75 Å². The third-order valence-electron chi connectivity index (χ3n) is 3.53. The Morgan fingerprint density at radius 3 is 2.62 bits per heavy atom. The van der Waals surface area contributed by atoms with E-state index in [-0.39, 0.29) is 23.3 Å². The molecule has 1 heterocycles. The molecule has 0 radical (unpaired) electrons. The van der Waals surface area contributed by atoms with E-state index in [1.807, 2.05) is 20.8 Å². The summed E-state index contributed by atoms with van der Waals surface area (Å²) in [4.78, 5) is 29.3. The Kier molecular flexibility index (Phi) is 5.56. The Hall–Kier alpha value is -2.41. The van der Waals surface area contributed by atoms with E-state index in [0.717, 1.165) is 15.6 Å². The van der Waals surface area contributed by atoms with Crippen LogP contribution in [0.3, 0.4) is 0 Å². The highest BCUT2D eigenvalue weighted by molar-refractivity contribution is 7.11. The van der Waals surface area contributed by atoms with Gasteiger partial charge in [-0.1, -0.05) is 6.92 Å². The zero-order chi connectivity index (χ0) is 17.9. The van der Waals surface area contributed by atoms with Crippen molar-refractivity contribution in [2.24, 2.45) is 0 Å². The molecule has 0 fully saturated rings. The van der Waals surface area contributed by atoms with Gasteiger partial charge in [-0.3, -0.25) is 9.59 Å². The van der Waals surface area contributed by atoms with Gasteiger partial charge in [0.25, 0.3) is 5.91 Å². The molecule has 128 valence electrons. The van der Waals surface area contributed by atoms with Crippen LogP contribution in [0.2, 0.25) is 0 Å². The van der Waals surface area contributed by atoms with Gasteiger partial charge in [0.1, 0.15) is 5.75 Å². The number of thiazole rings is 1. The molecular formula is C17H21N3O3S. The average Bonchev–Trinajstić information content (AvgIpc) is 2.87. The van der Waals surface area contributed by atoms with Crippen LogP contribution in [0.15, 0.2) is 18.2 Å². The van der Waals surface area contributed by atoms with E-state index >= 15 is 0 Å². The summed E-state index contributed by atoms with van der Waals surface area (Å²) in [7, 11) is 0. The molecule has 2 aromatic rings. The molecule has 2 amide bonds. The summed E-state index contributed by atoms with van der Waals surface area (Å²) in [5, 5.41) is 16.4. The summed E-state index contributed by atoms with van der Waals surface area (Å²) in [6, 6.07) is 4.19. The van der Waals surface area contributed by atoms with E-state index in [2.05, 4.69) is 15.6 Å². The van der Waals surface area contributed by atoms with Crippen LogP contribution in [-0.4, -0.2) is 21.9 Å². The number of carbonyl (C=O) groups is 2. The number of phenols is 1. The Bertz CT molecular complexity index is 770. The van der Waals surface area contributed by atoms with Crippen molar-refractivity contribution in [3.63, 3.8) is 0 Å². The molecule has 0 aliphatic carbocycles. The summed E-state index contributed by atoms with van der Waals surface area (Å²) in [5.74, 6) is -0.694. The monoisotopic (exact) mass is 347 g/mol.